The highest BCUT2D eigenvalue weighted by Crippen LogP contribution is 2.13. The van der Waals surface area contributed by atoms with Crippen LogP contribution in [0.4, 0.5) is 0 Å². The van der Waals surface area contributed by atoms with Crippen molar-refractivity contribution in [1.82, 2.24) is 0 Å². The third kappa shape index (κ3) is 17.6. The number of carbonyl (C=O) groups is 1. The van der Waals surface area contributed by atoms with Crippen LogP contribution < -0.4 is 0 Å². The predicted molar refractivity (Wildman–Crippen MR) is 119 cm³/mol. The Kier molecular flexibility index (Phi) is 15.6. The fourth-order valence-electron chi connectivity index (χ4n) is 2.66. The number of ether oxygens (including phenoxy) is 1. The summed E-state index contributed by atoms with van der Waals surface area (Å²) in [5.41, 5.74) is 5.65. The first-order valence-electron chi connectivity index (χ1n) is 10.6. The van der Waals surface area contributed by atoms with Gasteiger partial charge in [-0.2, -0.15) is 0 Å². The van der Waals surface area contributed by atoms with E-state index in [-0.39, 0.29) is 5.97 Å². The first kappa shape index (κ1) is 25.4. The smallest absolute Gasteiger partial charge is 0.306 e. The number of hydrogen-bond acceptors (Lipinski definition) is 2. The standard InChI is InChI=1S/C25H42O2/c1-7-8-18-25(26)27-20-19-24(6)17-11-16-23(5)15-10-14-22(4)13-9-12-21(2)3/h12,14,16,19H,7-11,13,15,17-18,20H2,1-6H3/b22-14+,23-16?,24-19+. The molecule has 2 heteroatoms. The van der Waals surface area contributed by atoms with Gasteiger partial charge < -0.3 is 4.74 Å². The Hall–Kier alpha value is -1.57. The lowest BCUT2D eigenvalue weighted by atomic mass is 10.0. The monoisotopic (exact) mass is 374 g/mol. The van der Waals surface area contributed by atoms with E-state index in [4.69, 9.17) is 4.74 Å². The summed E-state index contributed by atoms with van der Waals surface area (Å²) in [4.78, 5) is 11.5. The van der Waals surface area contributed by atoms with Gasteiger partial charge in [0.15, 0.2) is 0 Å². The molecule has 154 valence electrons. The van der Waals surface area contributed by atoms with Gasteiger partial charge in [0, 0.05) is 6.42 Å². The molecule has 2 nitrogen and oxygen atoms in total. The maximum atomic E-state index is 11.5. The second kappa shape index (κ2) is 16.6. The number of rotatable bonds is 14. The van der Waals surface area contributed by atoms with E-state index in [1.165, 1.54) is 28.7 Å². The van der Waals surface area contributed by atoms with Gasteiger partial charge in [-0.1, -0.05) is 53.9 Å². The summed E-state index contributed by atoms with van der Waals surface area (Å²) in [5, 5.41) is 0. The highest BCUT2D eigenvalue weighted by molar-refractivity contribution is 5.69. The molecule has 0 aromatic rings. The molecule has 0 aromatic carbocycles. The summed E-state index contributed by atoms with van der Waals surface area (Å²) in [6.07, 6.45) is 18.2. The van der Waals surface area contributed by atoms with Crippen LogP contribution in [0.1, 0.15) is 99.3 Å². The summed E-state index contributed by atoms with van der Waals surface area (Å²) in [6.45, 7) is 13.4. The fraction of sp³-hybridized carbons (Fsp3) is 0.640. The average molecular weight is 375 g/mol. The normalized spacial score (nSPS) is 12.9. The van der Waals surface area contributed by atoms with E-state index in [9.17, 15) is 4.79 Å². The molecule has 0 saturated carbocycles. The molecular weight excluding hydrogens is 332 g/mol. The van der Waals surface area contributed by atoms with Gasteiger partial charge in [0.05, 0.1) is 0 Å². The third-order valence-electron chi connectivity index (χ3n) is 4.56. The second-order valence-electron chi connectivity index (χ2n) is 7.84. The number of allylic oxidation sites excluding steroid dienone is 7. The SMILES string of the molecule is CCCCC(=O)OC/C=C(\C)CCC=C(C)CC/C=C(\C)CCC=C(C)C. The Morgan fingerprint density at radius 1 is 0.704 bits per heavy atom. The molecule has 0 amide bonds. The molecule has 0 aliphatic heterocycles. The summed E-state index contributed by atoms with van der Waals surface area (Å²) < 4.78 is 5.22. The van der Waals surface area contributed by atoms with E-state index in [0.29, 0.717) is 13.0 Å². The van der Waals surface area contributed by atoms with Gasteiger partial charge in [-0.15, -0.1) is 0 Å². The Morgan fingerprint density at radius 2 is 1.19 bits per heavy atom. The number of unbranched alkanes of at least 4 members (excludes halogenated alkanes) is 1. The predicted octanol–water partition coefficient (Wildman–Crippen LogP) is 7.87. The minimum Gasteiger partial charge on any atom is -0.461 e. The van der Waals surface area contributed by atoms with E-state index < -0.39 is 0 Å². The average Bonchev–Trinajstić information content (AvgIpc) is 2.59. The molecule has 27 heavy (non-hydrogen) atoms. The molecule has 0 saturated heterocycles. The van der Waals surface area contributed by atoms with E-state index in [1.807, 2.05) is 6.08 Å². The first-order chi connectivity index (χ1) is 12.8. The van der Waals surface area contributed by atoms with Gasteiger partial charge in [0.2, 0.25) is 0 Å². The van der Waals surface area contributed by atoms with Gasteiger partial charge in [0.1, 0.15) is 6.61 Å². The number of hydrogen-bond donors (Lipinski definition) is 0. The number of esters is 1. The molecule has 0 atom stereocenters. The molecule has 0 rings (SSSR count). The number of carbonyl (C=O) groups excluding carboxylic acids is 1. The molecule has 0 unspecified atom stereocenters. The van der Waals surface area contributed by atoms with Crippen molar-refractivity contribution in [3.05, 3.63) is 46.6 Å². The van der Waals surface area contributed by atoms with E-state index in [2.05, 4.69) is 59.8 Å². The zero-order valence-electron chi connectivity index (χ0n) is 18.7. The maximum absolute atomic E-state index is 11.5. The van der Waals surface area contributed by atoms with Crippen LogP contribution in [0.15, 0.2) is 46.6 Å². The molecule has 0 aromatic heterocycles. The van der Waals surface area contributed by atoms with Crippen molar-refractivity contribution in [3.63, 3.8) is 0 Å². The molecule has 0 heterocycles. The highest BCUT2D eigenvalue weighted by Gasteiger charge is 2.00. The van der Waals surface area contributed by atoms with Crippen molar-refractivity contribution in [3.8, 4) is 0 Å². The van der Waals surface area contributed by atoms with Crippen LogP contribution in [0.5, 0.6) is 0 Å². The van der Waals surface area contributed by atoms with Crippen LogP contribution in [0.2, 0.25) is 0 Å². The van der Waals surface area contributed by atoms with E-state index in [0.717, 1.165) is 44.9 Å². The van der Waals surface area contributed by atoms with Crippen molar-refractivity contribution in [2.75, 3.05) is 6.61 Å². The van der Waals surface area contributed by atoms with Gasteiger partial charge in [-0.25, -0.2) is 0 Å². The lowest BCUT2D eigenvalue weighted by molar-refractivity contribution is -0.142. The molecule has 0 spiro atoms. The molecule has 0 aliphatic carbocycles. The lowest BCUT2D eigenvalue weighted by Gasteiger charge is -2.04. The topological polar surface area (TPSA) is 26.3 Å². The zero-order valence-corrected chi connectivity index (χ0v) is 18.7. The quantitative estimate of drug-likeness (QED) is 0.228. The van der Waals surface area contributed by atoms with Crippen molar-refractivity contribution in [2.45, 2.75) is 99.3 Å². The Bertz CT molecular complexity index is 529. The molecule has 0 bridgehead atoms. The van der Waals surface area contributed by atoms with Crippen molar-refractivity contribution < 1.29 is 9.53 Å². The second-order valence-corrected chi connectivity index (χ2v) is 7.84. The molecule has 0 aliphatic rings. The van der Waals surface area contributed by atoms with Gasteiger partial charge in [0.25, 0.3) is 0 Å². The fourth-order valence-corrected chi connectivity index (χ4v) is 2.66. The summed E-state index contributed by atoms with van der Waals surface area (Å²) in [7, 11) is 0. The van der Waals surface area contributed by atoms with Crippen LogP contribution in [0, 0.1) is 0 Å². The molecular formula is C25H42O2. The minimum absolute atomic E-state index is 0.0826. The van der Waals surface area contributed by atoms with Crippen LogP contribution in [-0.4, -0.2) is 12.6 Å². The summed E-state index contributed by atoms with van der Waals surface area (Å²) in [6, 6.07) is 0. The van der Waals surface area contributed by atoms with Crippen LogP contribution in [0.3, 0.4) is 0 Å². The Balaban J connectivity index is 3.98. The molecule has 0 radical (unpaired) electrons. The van der Waals surface area contributed by atoms with Crippen LogP contribution >= 0.6 is 0 Å². The summed E-state index contributed by atoms with van der Waals surface area (Å²) in [5.74, 6) is -0.0826. The minimum atomic E-state index is -0.0826. The van der Waals surface area contributed by atoms with Gasteiger partial charge >= 0.3 is 5.97 Å². The van der Waals surface area contributed by atoms with Crippen LogP contribution in [-0.2, 0) is 9.53 Å². The van der Waals surface area contributed by atoms with Crippen LogP contribution in [0.25, 0.3) is 0 Å². The van der Waals surface area contributed by atoms with E-state index >= 15 is 0 Å². The Labute approximate surface area is 168 Å². The first-order valence-corrected chi connectivity index (χ1v) is 10.6. The van der Waals surface area contributed by atoms with Crippen molar-refractivity contribution >= 4 is 5.97 Å². The zero-order chi connectivity index (χ0) is 20.5. The highest BCUT2D eigenvalue weighted by atomic mass is 16.5. The van der Waals surface area contributed by atoms with E-state index in [1.54, 1.807) is 0 Å². The third-order valence-corrected chi connectivity index (χ3v) is 4.56. The molecule has 0 fully saturated rings. The lowest BCUT2D eigenvalue weighted by Crippen LogP contribution is -2.04. The molecule has 0 N–H and O–H groups in total. The van der Waals surface area contributed by atoms with Gasteiger partial charge in [-0.05, 0) is 85.6 Å². The van der Waals surface area contributed by atoms with Crippen molar-refractivity contribution in [2.24, 2.45) is 0 Å². The summed E-state index contributed by atoms with van der Waals surface area (Å²) >= 11 is 0. The van der Waals surface area contributed by atoms with Gasteiger partial charge in [-0.3, -0.25) is 4.79 Å². The largest absolute Gasteiger partial charge is 0.461 e. The maximum Gasteiger partial charge on any atom is 0.306 e. The van der Waals surface area contributed by atoms with Crippen molar-refractivity contribution in [1.29, 1.82) is 0 Å². The Morgan fingerprint density at radius 3 is 1.67 bits per heavy atom.